The van der Waals surface area contributed by atoms with Gasteiger partial charge < -0.3 is 10.0 Å². The van der Waals surface area contributed by atoms with Crippen molar-refractivity contribution in [3.63, 3.8) is 0 Å². The van der Waals surface area contributed by atoms with Gasteiger partial charge in [0.15, 0.2) is 0 Å². The van der Waals surface area contributed by atoms with Crippen LogP contribution in [0.5, 0.6) is 0 Å². The van der Waals surface area contributed by atoms with Crippen LogP contribution in [0.3, 0.4) is 0 Å². The second kappa shape index (κ2) is 13.7. The summed E-state index contributed by atoms with van der Waals surface area (Å²) in [6.07, 6.45) is 8.67. The van der Waals surface area contributed by atoms with Crippen molar-refractivity contribution in [3.8, 4) is 0 Å². The largest absolute Gasteiger partial charge is 1.00 e. The van der Waals surface area contributed by atoms with Crippen molar-refractivity contribution in [1.82, 2.24) is 0 Å². The van der Waals surface area contributed by atoms with Gasteiger partial charge >= 0.3 is 59.1 Å². The molecule has 0 saturated carbocycles. The second-order valence-electron chi connectivity index (χ2n) is 4.21. The van der Waals surface area contributed by atoms with Gasteiger partial charge in [0, 0.05) is 0 Å². The maximum Gasteiger partial charge on any atom is 1.00 e. The Morgan fingerprint density at radius 2 is 1.67 bits per heavy atom. The van der Waals surface area contributed by atoms with Crippen molar-refractivity contribution in [1.29, 1.82) is 0 Å². The molecule has 0 bridgehead atoms. The molecule has 0 fully saturated rings. The van der Waals surface area contributed by atoms with Crippen molar-refractivity contribution in [2.24, 2.45) is 0 Å². The molecule has 18 heavy (non-hydrogen) atoms. The first-order valence-corrected chi connectivity index (χ1v) is 7.01. The monoisotopic (exact) mass is 284 g/mol. The van der Waals surface area contributed by atoms with E-state index in [9.17, 15) is 10.0 Å². The summed E-state index contributed by atoms with van der Waals surface area (Å²) in [5.41, 5.74) is 1.16. The molecule has 0 aliphatic rings. The predicted octanol–water partition coefficient (Wildman–Crippen LogP) is -4.93. The molecule has 2 nitrogen and oxygen atoms in total. The molecular weight excluding hydrogens is 265 g/mol. The third kappa shape index (κ3) is 9.57. The summed E-state index contributed by atoms with van der Waals surface area (Å²) in [6, 6.07) is 1.78. The van der Waals surface area contributed by atoms with Crippen LogP contribution in [0.15, 0.2) is 11.4 Å². The number of hydrogen-bond acceptors (Lipinski definition) is 3. The normalized spacial score (nSPS) is 9.50. The average Bonchev–Trinajstić information content (AvgIpc) is 2.72. The zero-order chi connectivity index (χ0) is 11.8. The van der Waals surface area contributed by atoms with E-state index < -0.39 is 7.12 Å². The summed E-state index contributed by atoms with van der Waals surface area (Å²) < 4.78 is 0.431. The summed E-state index contributed by atoms with van der Waals surface area (Å²) in [7, 11) is -1.80. The fourth-order valence-corrected chi connectivity index (χ4v) is 2.56. The molecule has 0 aromatic carbocycles. The van der Waals surface area contributed by atoms with Gasteiger partial charge in [-0.1, -0.05) is 57.0 Å². The van der Waals surface area contributed by atoms with E-state index in [4.69, 9.17) is 0 Å². The number of thiophene rings is 1. The predicted molar refractivity (Wildman–Crippen MR) is 66.8 cm³/mol. The van der Waals surface area contributed by atoms with Gasteiger partial charge in [0.1, 0.15) is 0 Å². The van der Waals surface area contributed by atoms with Gasteiger partial charge in [-0.25, -0.2) is 0 Å². The Bertz CT molecular complexity index is 295. The molecule has 6 heteroatoms. The zero-order valence-corrected chi connectivity index (χ0v) is 16.7. The fraction of sp³-hybridized carbons (Fsp3) is 0.667. The molecule has 0 radical (unpaired) electrons. The molecule has 1 aromatic rings. The first kappa shape index (κ1) is 22.0. The maximum absolute atomic E-state index is 10.6. The molecule has 0 N–H and O–H groups in total. The Morgan fingerprint density at radius 1 is 1.06 bits per heavy atom. The van der Waals surface area contributed by atoms with Crippen LogP contribution in [0.25, 0.3) is 0 Å². The molecule has 1 rings (SSSR count). The van der Waals surface area contributed by atoms with Crippen LogP contribution in [-0.4, -0.2) is 7.12 Å². The first-order valence-electron chi connectivity index (χ1n) is 6.13. The van der Waals surface area contributed by atoms with E-state index in [1.165, 1.54) is 49.9 Å². The molecule has 0 atom stereocenters. The Labute approximate surface area is 159 Å². The number of aryl methyl sites for hydroxylation is 1. The van der Waals surface area contributed by atoms with Gasteiger partial charge in [-0.05, 0) is 23.8 Å². The minimum atomic E-state index is -1.80. The standard InChI is InChI=1S/C12H19BO2S.2Na/c1-2-3-4-5-6-7-8-11-9-12(13(14)15)16-10-11;;/h9-10H,2-8H2,1H3;;/q-2;2*+1. The molecule has 0 aliphatic carbocycles. The third-order valence-electron chi connectivity index (χ3n) is 2.73. The second-order valence-corrected chi connectivity index (χ2v) is 5.15. The summed E-state index contributed by atoms with van der Waals surface area (Å²) in [5, 5.41) is 23.2. The summed E-state index contributed by atoms with van der Waals surface area (Å²) in [4.78, 5) is 0. The minimum Gasteiger partial charge on any atom is -0.889 e. The first-order chi connectivity index (χ1) is 7.74. The summed E-state index contributed by atoms with van der Waals surface area (Å²) in [6.45, 7) is 2.22. The maximum atomic E-state index is 10.6. The summed E-state index contributed by atoms with van der Waals surface area (Å²) >= 11 is 1.30. The molecule has 90 valence electrons. The topological polar surface area (TPSA) is 46.1 Å². The van der Waals surface area contributed by atoms with Gasteiger partial charge in [-0.3, -0.25) is 0 Å². The van der Waals surface area contributed by atoms with Crippen molar-refractivity contribution in [2.75, 3.05) is 0 Å². The van der Waals surface area contributed by atoms with E-state index in [1.807, 2.05) is 5.38 Å². The molecule has 1 heterocycles. The molecule has 0 saturated heterocycles. The number of hydrogen-bond donors (Lipinski definition) is 0. The summed E-state index contributed by atoms with van der Waals surface area (Å²) in [5.74, 6) is 0. The van der Waals surface area contributed by atoms with Gasteiger partial charge in [0.05, 0.1) is 0 Å². The van der Waals surface area contributed by atoms with E-state index >= 15 is 0 Å². The molecule has 0 spiro atoms. The SMILES string of the molecule is CCCCCCCCc1csc(B([O-])[O-])c1.[Na+].[Na+]. The smallest absolute Gasteiger partial charge is 0.889 e. The Balaban J connectivity index is 0. The quantitative estimate of drug-likeness (QED) is 0.355. The molecule has 1 aromatic heterocycles. The molecule has 0 amide bonds. The molecule has 0 unspecified atom stereocenters. The van der Waals surface area contributed by atoms with Crippen molar-refractivity contribution in [2.45, 2.75) is 51.9 Å². The fourth-order valence-electron chi connectivity index (χ4n) is 1.76. The van der Waals surface area contributed by atoms with Crippen LogP contribution in [0, 0.1) is 0 Å². The van der Waals surface area contributed by atoms with Gasteiger partial charge in [-0.2, -0.15) is 11.3 Å². The van der Waals surface area contributed by atoms with Crippen LogP contribution in [0.4, 0.5) is 0 Å². The van der Waals surface area contributed by atoms with Crippen molar-refractivity contribution >= 4 is 23.2 Å². The van der Waals surface area contributed by atoms with E-state index in [1.54, 1.807) is 6.07 Å². The van der Waals surface area contributed by atoms with Crippen LogP contribution in [0.1, 0.15) is 51.0 Å². The van der Waals surface area contributed by atoms with E-state index in [0.29, 0.717) is 4.78 Å². The third-order valence-corrected chi connectivity index (χ3v) is 3.73. The van der Waals surface area contributed by atoms with Crippen LogP contribution in [0.2, 0.25) is 0 Å². The van der Waals surface area contributed by atoms with Gasteiger partial charge in [-0.15, -0.1) is 0 Å². The number of unbranched alkanes of at least 4 members (excludes halogenated alkanes) is 5. The van der Waals surface area contributed by atoms with Gasteiger partial charge in [0.2, 0.25) is 0 Å². The molecular formula is C12H19BNa2O2S. The van der Waals surface area contributed by atoms with E-state index in [2.05, 4.69) is 6.92 Å². The van der Waals surface area contributed by atoms with Crippen molar-refractivity contribution < 1.29 is 69.2 Å². The minimum absolute atomic E-state index is 0. The van der Waals surface area contributed by atoms with E-state index in [-0.39, 0.29) is 59.1 Å². The average molecular weight is 284 g/mol. The Kier molecular flexibility index (Phi) is 16.7. The van der Waals surface area contributed by atoms with Gasteiger partial charge in [0.25, 0.3) is 0 Å². The van der Waals surface area contributed by atoms with Crippen LogP contribution >= 0.6 is 11.3 Å². The Morgan fingerprint density at radius 3 is 2.22 bits per heavy atom. The van der Waals surface area contributed by atoms with Crippen LogP contribution < -0.4 is 73.9 Å². The van der Waals surface area contributed by atoms with Crippen molar-refractivity contribution in [3.05, 3.63) is 17.0 Å². The zero-order valence-electron chi connectivity index (χ0n) is 11.9. The Hall–Kier alpha value is 1.68. The van der Waals surface area contributed by atoms with Crippen LogP contribution in [-0.2, 0) is 6.42 Å². The van der Waals surface area contributed by atoms with E-state index in [0.717, 1.165) is 12.0 Å². The number of rotatable bonds is 8. The molecule has 0 aliphatic heterocycles.